The largest absolute Gasteiger partial charge is 0.465 e. The fraction of sp³-hybridized carbons (Fsp3) is 0.875. The Hall–Kier alpha value is -0.760. The number of carbonyl (C=O) groups excluding carboxylic acids is 1. The van der Waals surface area contributed by atoms with Crippen LogP contribution in [0.4, 0.5) is 8.78 Å². The summed E-state index contributed by atoms with van der Waals surface area (Å²) in [4.78, 5) is 10.9. The number of alkyl halides is 2. The molecule has 0 amide bonds. The molecule has 0 saturated carbocycles. The van der Waals surface area contributed by atoms with Crippen LogP contribution in [0.2, 0.25) is 0 Å². The van der Waals surface area contributed by atoms with Crippen molar-refractivity contribution in [3.05, 3.63) is 0 Å². The Labute approximate surface area is 92.5 Å². The van der Waals surface area contributed by atoms with Gasteiger partial charge in [0.1, 0.15) is 6.42 Å². The van der Waals surface area contributed by atoms with Crippen molar-refractivity contribution in [2.45, 2.75) is 32.4 Å². The molecular weight excluding hydrogens is 246 g/mol. The standard InChI is InChI=1S/C8H14F2O5S/c1-7(2,3)5-15-6(11)4-8(9,10)16(12,13)14/h4-5H2,1-3H3,(H,12,13,14). The summed E-state index contributed by atoms with van der Waals surface area (Å²) in [5.41, 5.74) is -0.414. The molecule has 1 N–H and O–H groups in total. The van der Waals surface area contributed by atoms with Crippen molar-refractivity contribution in [3.63, 3.8) is 0 Å². The van der Waals surface area contributed by atoms with Gasteiger partial charge in [-0.3, -0.25) is 9.35 Å². The molecule has 0 bridgehead atoms. The number of halogens is 2. The summed E-state index contributed by atoms with van der Waals surface area (Å²) in [5.74, 6) is -1.38. The minimum atomic E-state index is -5.59. The summed E-state index contributed by atoms with van der Waals surface area (Å²) in [6.07, 6.45) is -1.69. The summed E-state index contributed by atoms with van der Waals surface area (Å²) in [6, 6.07) is 0. The van der Waals surface area contributed by atoms with Crippen LogP contribution in [0.15, 0.2) is 0 Å². The van der Waals surface area contributed by atoms with E-state index in [2.05, 4.69) is 4.74 Å². The maximum absolute atomic E-state index is 12.7. The smallest absolute Gasteiger partial charge is 0.380 e. The van der Waals surface area contributed by atoms with Gasteiger partial charge in [-0.05, 0) is 5.41 Å². The van der Waals surface area contributed by atoms with Crippen molar-refractivity contribution >= 4 is 16.1 Å². The van der Waals surface area contributed by atoms with Gasteiger partial charge in [-0.2, -0.15) is 17.2 Å². The van der Waals surface area contributed by atoms with Crippen molar-refractivity contribution < 1.29 is 31.3 Å². The van der Waals surface area contributed by atoms with E-state index in [0.717, 1.165) is 0 Å². The molecule has 8 heteroatoms. The number of esters is 1. The number of rotatable bonds is 4. The van der Waals surface area contributed by atoms with Crippen LogP contribution >= 0.6 is 0 Å². The lowest BCUT2D eigenvalue weighted by Crippen LogP contribution is -2.32. The van der Waals surface area contributed by atoms with Gasteiger partial charge in [0.25, 0.3) is 0 Å². The van der Waals surface area contributed by atoms with E-state index >= 15 is 0 Å². The highest BCUT2D eigenvalue weighted by Gasteiger charge is 2.46. The average Bonchev–Trinajstić information content (AvgIpc) is 1.96. The van der Waals surface area contributed by atoms with Gasteiger partial charge in [0.05, 0.1) is 6.61 Å². The van der Waals surface area contributed by atoms with Gasteiger partial charge in [-0.25, -0.2) is 0 Å². The second kappa shape index (κ2) is 4.62. The zero-order valence-corrected chi connectivity index (χ0v) is 9.98. The van der Waals surface area contributed by atoms with Crippen LogP contribution in [0, 0.1) is 5.41 Å². The van der Waals surface area contributed by atoms with E-state index in [1.165, 1.54) is 0 Å². The van der Waals surface area contributed by atoms with E-state index in [0.29, 0.717) is 0 Å². The first kappa shape index (κ1) is 15.2. The molecule has 0 heterocycles. The average molecular weight is 260 g/mol. The molecule has 0 fully saturated rings. The lowest BCUT2D eigenvalue weighted by atomic mass is 9.99. The fourth-order valence-corrected chi connectivity index (χ4v) is 0.908. The number of hydrogen-bond donors (Lipinski definition) is 1. The second-order valence-corrected chi connectivity index (χ2v) is 6.06. The molecule has 0 atom stereocenters. The summed E-state index contributed by atoms with van der Waals surface area (Å²) in [6.45, 7) is 5.01. The molecule has 0 aliphatic rings. The predicted octanol–water partition coefficient (Wildman–Crippen LogP) is 1.45. The van der Waals surface area contributed by atoms with Crippen molar-refractivity contribution in [2.24, 2.45) is 5.41 Å². The van der Waals surface area contributed by atoms with Gasteiger partial charge < -0.3 is 4.74 Å². The molecule has 0 aromatic rings. The molecule has 0 aliphatic carbocycles. The van der Waals surface area contributed by atoms with E-state index in [1.54, 1.807) is 20.8 Å². The Morgan fingerprint density at radius 1 is 1.31 bits per heavy atom. The molecule has 0 radical (unpaired) electrons. The molecule has 0 unspecified atom stereocenters. The molecule has 96 valence electrons. The Morgan fingerprint density at radius 3 is 2.06 bits per heavy atom. The Kier molecular flexibility index (Phi) is 4.40. The monoisotopic (exact) mass is 260 g/mol. The third-order valence-corrected chi connectivity index (χ3v) is 2.29. The van der Waals surface area contributed by atoms with Crippen molar-refractivity contribution in [3.8, 4) is 0 Å². The summed E-state index contributed by atoms with van der Waals surface area (Å²) >= 11 is 0. The summed E-state index contributed by atoms with van der Waals surface area (Å²) in [5, 5.41) is -4.51. The van der Waals surface area contributed by atoms with E-state index in [9.17, 15) is 22.0 Å². The van der Waals surface area contributed by atoms with Gasteiger partial charge in [0, 0.05) is 0 Å². The molecule has 0 spiro atoms. The number of hydrogen-bond acceptors (Lipinski definition) is 4. The van der Waals surface area contributed by atoms with Crippen LogP contribution in [0.3, 0.4) is 0 Å². The first-order chi connectivity index (χ1) is 6.85. The van der Waals surface area contributed by atoms with Crippen LogP contribution in [-0.2, 0) is 19.6 Å². The topological polar surface area (TPSA) is 80.7 Å². The number of ether oxygens (including phenoxy) is 1. The fourth-order valence-electron chi connectivity index (χ4n) is 0.607. The highest BCUT2D eigenvalue weighted by molar-refractivity contribution is 7.86. The highest BCUT2D eigenvalue weighted by atomic mass is 32.2. The van der Waals surface area contributed by atoms with Crippen LogP contribution in [0.25, 0.3) is 0 Å². The predicted molar refractivity (Wildman–Crippen MR) is 51.5 cm³/mol. The van der Waals surface area contributed by atoms with Crippen LogP contribution < -0.4 is 0 Å². The third-order valence-electron chi connectivity index (χ3n) is 1.39. The molecule has 5 nitrogen and oxygen atoms in total. The van der Waals surface area contributed by atoms with Crippen molar-refractivity contribution in [2.75, 3.05) is 6.61 Å². The first-order valence-electron chi connectivity index (χ1n) is 4.36. The van der Waals surface area contributed by atoms with Gasteiger partial charge in [0.15, 0.2) is 0 Å². The highest BCUT2D eigenvalue weighted by Crippen LogP contribution is 2.25. The lowest BCUT2D eigenvalue weighted by molar-refractivity contribution is -0.150. The maximum Gasteiger partial charge on any atom is 0.380 e. The van der Waals surface area contributed by atoms with E-state index in [1.807, 2.05) is 0 Å². The lowest BCUT2D eigenvalue weighted by Gasteiger charge is -2.19. The van der Waals surface area contributed by atoms with Crippen LogP contribution in [0.5, 0.6) is 0 Å². The van der Waals surface area contributed by atoms with Crippen molar-refractivity contribution in [1.29, 1.82) is 0 Å². The zero-order valence-electron chi connectivity index (χ0n) is 9.16. The molecule has 0 saturated heterocycles. The van der Waals surface area contributed by atoms with Gasteiger partial charge in [0.2, 0.25) is 0 Å². The minimum Gasteiger partial charge on any atom is -0.465 e. The summed E-state index contributed by atoms with van der Waals surface area (Å²) < 4.78 is 58.3. The third kappa shape index (κ3) is 5.36. The molecule has 0 aromatic heterocycles. The maximum atomic E-state index is 12.7. The van der Waals surface area contributed by atoms with E-state index < -0.39 is 33.2 Å². The van der Waals surface area contributed by atoms with Crippen LogP contribution in [0.1, 0.15) is 27.2 Å². The van der Waals surface area contributed by atoms with E-state index in [4.69, 9.17) is 4.55 Å². The van der Waals surface area contributed by atoms with Gasteiger partial charge >= 0.3 is 21.3 Å². The van der Waals surface area contributed by atoms with Crippen molar-refractivity contribution in [1.82, 2.24) is 0 Å². The molecule has 16 heavy (non-hydrogen) atoms. The minimum absolute atomic E-state index is 0.118. The summed E-state index contributed by atoms with van der Waals surface area (Å²) in [7, 11) is -5.59. The van der Waals surface area contributed by atoms with Gasteiger partial charge in [-0.15, -0.1) is 0 Å². The molecule has 0 aliphatic heterocycles. The zero-order chi connectivity index (χ0) is 13.2. The quantitative estimate of drug-likeness (QED) is 0.611. The second-order valence-electron chi connectivity index (χ2n) is 4.51. The Balaban J connectivity index is 4.38. The Bertz CT molecular complexity index is 355. The number of carbonyl (C=O) groups is 1. The molecular formula is C8H14F2O5S. The Morgan fingerprint density at radius 2 is 1.75 bits per heavy atom. The molecule has 0 rings (SSSR count). The first-order valence-corrected chi connectivity index (χ1v) is 5.80. The van der Waals surface area contributed by atoms with Crippen LogP contribution in [-0.4, -0.2) is 30.8 Å². The SMILES string of the molecule is CC(C)(C)COC(=O)CC(F)(F)S(=O)(=O)O. The van der Waals surface area contributed by atoms with E-state index in [-0.39, 0.29) is 6.61 Å². The normalized spacial score (nSPS) is 13.6. The van der Waals surface area contributed by atoms with Gasteiger partial charge in [-0.1, -0.05) is 20.8 Å². The molecule has 0 aromatic carbocycles.